The Balaban J connectivity index is 1.71. The summed E-state index contributed by atoms with van der Waals surface area (Å²) in [5, 5.41) is 10.3. The first-order valence-electron chi connectivity index (χ1n) is 13.3. The van der Waals surface area contributed by atoms with Crippen molar-refractivity contribution in [3.05, 3.63) is 35.8 Å². The zero-order valence-electron chi connectivity index (χ0n) is 23.0. The van der Waals surface area contributed by atoms with E-state index in [1.165, 1.54) is 0 Å². The normalized spacial score (nSPS) is 18.8. The van der Waals surface area contributed by atoms with Crippen molar-refractivity contribution in [2.24, 2.45) is 11.3 Å². The molecule has 202 valence electrons. The van der Waals surface area contributed by atoms with Crippen LogP contribution in [0.15, 0.2) is 24.5 Å². The molecule has 2 aliphatic heterocycles. The smallest absolute Gasteiger partial charge is 0.337 e. The summed E-state index contributed by atoms with van der Waals surface area (Å²) in [4.78, 5) is 24.0. The van der Waals surface area contributed by atoms with Gasteiger partial charge in [-0.3, -0.25) is 4.98 Å². The lowest BCUT2D eigenvalue weighted by atomic mass is 9.82. The number of carbonyl (C=O) groups is 1. The van der Waals surface area contributed by atoms with Crippen LogP contribution in [0.25, 0.3) is 11.1 Å². The van der Waals surface area contributed by atoms with Crippen molar-refractivity contribution in [1.82, 2.24) is 9.97 Å². The third kappa shape index (κ3) is 6.79. The summed E-state index contributed by atoms with van der Waals surface area (Å²) < 4.78 is 17.2. The summed E-state index contributed by atoms with van der Waals surface area (Å²) in [5.74, 6) is 0.130. The van der Waals surface area contributed by atoms with Crippen LogP contribution in [0.1, 0.15) is 71.2 Å². The SMILES string of the molecule is Cc1ncc(-c2ccc(OCCC3COC3)nc2)c(N2CCC(C)(C)CC2)c1[C@H](OC(C)(C)C)C(=O)O. The van der Waals surface area contributed by atoms with E-state index in [0.29, 0.717) is 29.7 Å². The average molecular weight is 512 g/mol. The summed E-state index contributed by atoms with van der Waals surface area (Å²) >= 11 is 0. The third-order valence-electron chi connectivity index (χ3n) is 7.21. The van der Waals surface area contributed by atoms with Crippen molar-refractivity contribution in [2.75, 3.05) is 37.8 Å². The van der Waals surface area contributed by atoms with E-state index in [0.717, 1.165) is 62.4 Å². The lowest BCUT2D eigenvalue weighted by Crippen LogP contribution is -2.39. The van der Waals surface area contributed by atoms with E-state index in [1.54, 1.807) is 6.20 Å². The van der Waals surface area contributed by atoms with Crippen LogP contribution in [0.3, 0.4) is 0 Å². The summed E-state index contributed by atoms with van der Waals surface area (Å²) in [6.07, 6.45) is 5.47. The zero-order chi connectivity index (χ0) is 26.8. The fourth-order valence-electron chi connectivity index (χ4n) is 4.80. The summed E-state index contributed by atoms with van der Waals surface area (Å²) in [6.45, 7) is 15.9. The highest BCUT2D eigenvalue weighted by Gasteiger charge is 2.35. The first kappa shape index (κ1) is 27.3. The van der Waals surface area contributed by atoms with Crippen LogP contribution in [0.2, 0.25) is 0 Å². The molecule has 2 aromatic heterocycles. The van der Waals surface area contributed by atoms with Gasteiger partial charge in [-0.1, -0.05) is 13.8 Å². The maximum atomic E-state index is 12.5. The number of pyridine rings is 2. The second-order valence-corrected chi connectivity index (χ2v) is 12.0. The van der Waals surface area contributed by atoms with Gasteiger partial charge in [-0.2, -0.15) is 0 Å². The highest BCUT2D eigenvalue weighted by atomic mass is 16.5. The molecule has 0 aliphatic carbocycles. The largest absolute Gasteiger partial charge is 0.479 e. The number of ether oxygens (including phenoxy) is 3. The number of aromatic nitrogens is 2. The van der Waals surface area contributed by atoms with Crippen LogP contribution in [-0.4, -0.2) is 59.6 Å². The molecule has 8 nitrogen and oxygen atoms in total. The Kier molecular flexibility index (Phi) is 8.09. The molecular formula is C29H41N3O5. The van der Waals surface area contributed by atoms with Gasteiger partial charge in [0.05, 0.1) is 31.1 Å². The van der Waals surface area contributed by atoms with Gasteiger partial charge in [-0.15, -0.1) is 0 Å². The number of carboxylic acids is 1. The average Bonchev–Trinajstić information content (AvgIpc) is 2.79. The van der Waals surface area contributed by atoms with E-state index in [4.69, 9.17) is 14.2 Å². The van der Waals surface area contributed by atoms with Crippen molar-refractivity contribution in [3.8, 4) is 17.0 Å². The Morgan fingerprint density at radius 2 is 1.89 bits per heavy atom. The van der Waals surface area contributed by atoms with Gasteiger partial charge in [0, 0.05) is 59.9 Å². The minimum Gasteiger partial charge on any atom is -0.479 e. The lowest BCUT2D eigenvalue weighted by Gasteiger charge is -2.40. The van der Waals surface area contributed by atoms with E-state index >= 15 is 0 Å². The molecule has 0 unspecified atom stereocenters. The van der Waals surface area contributed by atoms with Crippen LogP contribution in [0, 0.1) is 18.3 Å². The van der Waals surface area contributed by atoms with E-state index in [-0.39, 0.29) is 5.41 Å². The molecule has 2 aromatic rings. The van der Waals surface area contributed by atoms with Crippen molar-refractivity contribution < 1.29 is 24.1 Å². The predicted octanol–water partition coefficient (Wildman–Crippen LogP) is 5.43. The number of piperidine rings is 1. The first-order valence-corrected chi connectivity index (χ1v) is 13.3. The van der Waals surface area contributed by atoms with Crippen LogP contribution >= 0.6 is 0 Å². The van der Waals surface area contributed by atoms with Crippen molar-refractivity contribution in [1.29, 1.82) is 0 Å². The summed E-state index contributed by atoms with van der Waals surface area (Å²) in [5.41, 5.74) is 3.48. The number of hydrogen-bond acceptors (Lipinski definition) is 7. The Bertz CT molecular complexity index is 1080. The Morgan fingerprint density at radius 1 is 1.19 bits per heavy atom. The maximum Gasteiger partial charge on any atom is 0.337 e. The van der Waals surface area contributed by atoms with Crippen LogP contribution in [0.4, 0.5) is 5.69 Å². The highest BCUT2D eigenvalue weighted by molar-refractivity contribution is 5.86. The molecule has 0 radical (unpaired) electrons. The fourth-order valence-corrected chi connectivity index (χ4v) is 4.80. The minimum atomic E-state index is -1.14. The molecular weight excluding hydrogens is 470 g/mol. The Hall–Kier alpha value is -2.71. The number of nitrogens with zero attached hydrogens (tertiary/aromatic N) is 3. The molecule has 2 aliphatic rings. The van der Waals surface area contributed by atoms with Gasteiger partial charge in [0.25, 0.3) is 0 Å². The monoisotopic (exact) mass is 511 g/mol. The Labute approximate surface area is 220 Å². The molecule has 0 aromatic carbocycles. The number of aryl methyl sites for hydroxylation is 1. The first-order chi connectivity index (χ1) is 17.4. The van der Waals surface area contributed by atoms with Crippen LogP contribution in [-0.2, 0) is 14.3 Å². The summed E-state index contributed by atoms with van der Waals surface area (Å²) in [7, 11) is 0. The van der Waals surface area contributed by atoms with Crippen molar-refractivity contribution in [2.45, 2.75) is 72.5 Å². The molecule has 37 heavy (non-hydrogen) atoms. The molecule has 0 bridgehead atoms. The van der Waals surface area contributed by atoms with Gasteiger partial charge in [0.2, 0.25) is 5.88 Å². The van der Waals surface area contributed by atoms with Gasteiger partial charge in [-0.25, -0.2) is 9.78 Å². The van der Waals surface area contributed by atoms with E-state index in [2.05, 4.69) is 28.7 Å². The van der Waals surface area contributed by atoms with Gasteiger partial charge in [-0.05, 0) is 58.4 Å². The number of anilines is 1. The lowest BCUT2D eigenvalue weighted by molar-refractivity contribution is -0.160. The molecule has 0 saturated carbocycles. The minimum absolute atomic E-state index is 0.249. The fraction of sp³-hybridized carbons (Fsp3) is 0.621. The second kappa shape index (κ2) is 11.0. The van der Waals surface area contributed by atoms with Gasteiger partial charge in [0.1, 0.15) is 0 Å². The molecule has 2 saturated heterocycles. The number of hydrogen-bond donors (Lipinski definition) is 1. The molecule has 4 rings (SSSR count). The molecule has 4 heterocycles. The molecule has 0 spiro atoms. The maximum absolute atomic E-state index is 12.5. The highest BCUT2D eigenvalue weighted by Crippen LogP contribution is 2.43. The summed E-state index contributed by atoms with van der Waals surface area (Å²) in [6, 6.07) is 3.85. The van der Waals surface area contributed by atoms with Crippen molar-refractivity contribution in [3.63, 3.8) is 0 Å². The van der Waals surface area contributed by atoms with E-state index < -0.39 is 17.7 Å². The number of aliphatic carboxylic acids is 1. The van der Waals surface area contributed by atoms with Gasteiger partial charge < -0.3 is 24.2 Å². The van der Waals surface area contributed by atoms with E-state index in [9.17, 15) is 9.90 Å². The van der Waals surface area contributed by atoms with Crippen LogP contribution in [0.5, 0.6) is 5.88 Å². The molecule has 8 heteroatoms. The molecule has 1 N–H and O–H groups in total. The number of rotatable bonds is 9. The molecule has 0 amide bonds. The van der Waals surface area contributed by atoms with Crippen LogP contribution < -0.4 is 9.64 Å². The topological polar surface area (TPSA) is 94.0 Å². The third-order valence-corrected chi connectivity index (χ3v) is 7.21. The predicted molar refractivity (Wildman–Crippen MR) is 143 cm³/mol. The zero-order valence-corrected chi connectivity index (χ0v) is 23.0. The number of carboxylic acid groups (broad SMARTS) is 1. The molecule has 1 atom stereocenters. The van der Waals surface area contributed by atoms with E-state index in [1.807, 2.05) is 46.0 Å². The standard InChI is InChI=1S/C29H41N3O5/c1-19-24(26(27(33)34)37-28(2,3)4)25(32-12-10-29(5,6)11-13-32)22(16-30-19)21-7-8-23(31-15-21)36-14-9-20-17-35-18-20/h7-8,15-16,20,26H,9-14,17-18H2,1-6H3,(H,33,34)/t26-/m0/s1. The molecule has 2 fully saturated rings. The van der Waals surface area contributed by atoms with Gasteiger partial charge >= 0.3 is 5.97 Å². The second-order valence-electron chi connectivity index (χ2n) is 12.0. The quantitative estimate of drug-likeness (QED) is 0.476. The van der Waals surface area contributed by atoms with Crippen molar-refractivity contribution >= 4 is 11.7 Å². The Morgan fingerprint density at radius 3 is 2.43 bits per heavy atom. The van der Waals surface area contributed by atoms with Gasteiger partial charge in [0.15, 0.2) is 6.10 Å².